The minimum atomic E-state index is -0.471. The van der Waals surface area contributed by atoms with Crippen LogP contribution < -0.4 is 20.1 Å². The summed E-state index contributed by atoms with van der Waals surface area (Å²) in [5.41, 5.74) is 0.934. The van der Waals surface area contributed by atoms with E-state index in [0.717, 1.165) is 31.2 Å². The van der Waals surface area contributed by atoms with Crippen molar-refractivity contribution in [3.05, 3.63) is 23.8 Å². The molecule has 1 fully saturated rings. The third-order valence-electron chi connectivity index (χ3n) is 4.94. The monoisotopic (exact) mass is 376 g/mol. The van der Waals surface area contributed by atoms with Gasteiger partial charge in [0.25, 0.3) is 0 Å². The molecule has 1 aromatic rings. The maximum Gasteiger partial charge on any atom is 0.243 e. The highest BCUT2D eigenvalue weighted by Crippen LogP contribution is 2.31. The minimum Gasteiger partial charge on any atom is -0.490 e. The van der Waals surface area contributed by atoms with Crippen molar-refractivity contribution in [3.8, 4) is 11.5 Å². The fraction of sp³-hybridized carbons (Fsp3) is 0.619. The summed E-state index contributed by atoms with van der Waals surface area (Å²) < 4.78 is 11.3. The molecule has 2 atom stereocenters. The number of hydrogen-bond donors (Lipinski definition) is 2. The van der Waals surface area contributed by atoms with Gasteiger partial charge in [0, 0.05) is 6.92 Å². The second-order valence-corrected chi connectivity index (χ2v) is 7.03. The van der Waals surface area contributed by atoms with Crippen LogP contribution in [0.25, 0.3) is 0 Å². The van der Waals surface area contributed by atoms with Gasteiger partial charge in [-0.3, -0.25) is 9.59 Å². The number of ether oxygens (including phenoxy) is 2. The molecule has 1 saturated carbocycles. The molecule has 0 heterocycles. The Hall–Kier alpha value is -2.24. The summed E-state index contributed by atoms with van der Waals surface area (Å²) in [6.07, 6.45) is 4.18. The summed E-state index contributed by atoms with van der Waals surface area (Å²) >= 11 is 0. The lowest BCUT2D eigenvalue weighted by Gasteiger charge is -2.25. The highest BCUT2D eigenvalue weighted by molar-refractivity contribution is 5.87. The lowest BCUT2D eigenvalue weighted by Crippen LogP contribution is -2.50. The van der Waals surface area contributed by atoms with E-state index >= 15 is 0 Å². The number of carbonyl (C=O) groups is 2. The number of nitrogens with one attached hydrogen (secondary N) is 2. The second-order valence-electron chi connectivity index (χ2n) is 7.03. The first kappa shape index (κ1) is 21.1. The van der Waals surface area contributed by atoms with E-state index in [1.54, 1.807) is 0 Å². The average Bonchev–Trinajstić information content (AvgIpc) is 3.15. The van der Waals surface area contributed by atoms with E-state index in [4.69, 9.17) is 9.47 Å². The fourth-order valence-corrected chi connectivity index (χ4v) is 3.63. The molecular weight excluding hydrogens is 344 g/mol. The first-order valence-electron chi connectivity index (χ1n) is 9.93. The van der Waals surface area contributed by atoms with Crippen LogP contribution in [-0.4, -0.2) is 31.1 Å². The van der Waals surface area contributed by atoms with Gasteiger partial charge in [-0.2, -0.15) is 0 Å². The lowest BCUT2D eigenvalue weighted by atomic mass is 9.96. The van der Waals surface area contributed by atoms with Gasteiger partial charge >= 0.3 is 0 Å². The van der Waals surface area contributed by atoms with Crippen molar-refractivity contribution in [2.24, 2.45) is 5.92 Å². The van der Waals surface area contributed by atoms with E-state index in [1.165, 1.54) is 6.92 Å². The third-order valence-corrected chi connectivity index (χ3v) is 4.94. The Morgan fingerprint density at radius 1 is 1.07 bits per heavy atom. The van der Waals surface area contributed by atoms with Gasteiger partial charge in [0.05, 0.1) is 19.3 Å². The van der Waals surface area contributed by atoms with Crippen molar-refractivity contribution >= 4 is 11.8 Å². The van der Waals surface area contributed by atoms with Crippen LogP contribution >= 0.6 is 0 Å². The Morgan fingerprint density at radius 2 is 1.70 bits per heavy atom. The molecule has 27 heavy (non-hydrogen) atoms. The summed E-state index contributed by atoms with van der Waals surface area (Å²) in [5, 5.41) is 5.89. The molecule has 2 rings (SSSR count). The normalized spacial score (nSPS) is 16.4. The second kappa shape index (κ2) is 10.2. The van der Waals surface area contributed by atoms with Gasteiger partial charge in [-0.05, 0) is 57.2 Å². The van der Waals surface area contributed by atoms with Crippen LogP contribution in [0, 0.1) is 5.92 Å². The van der Waals surface area contributed by atoms with Crippen molar-refractivity contribution in [1.82, 2.24) is 10.6 Å². The number of hydrogen-bond acceptors (Lipinski definition) is 4. The maximum absolute atomic E-state index is 12.8. The van der Waals surface area contributed by atoms with Crippen LogP contribution in [0.2, 0.25) is 0 Å². The van der Waals surface area contributed by atoms with E-state index in [2.05, 4.69) is 10.6 Å². The number of amides is 2. The molecule has 2 N–H and O–H groups in total. The van der Waals surface area contributed by atoms with Gasteiger partial charge < -0.3 is 20.1 Å². The molecule has 1 aliphatic rings. The van der Waals surface area contributed by atoms with Gasteiger partial charge in [0.15, 0.2) is 11.5 Å². The first-order chi connectivity index (χ1) is 13.0. The molecule has 0 saturated heterocycles. The van der Waals surface area contributed by atoms with Gasteiger partial charge in [-0.25, -0.2) is 0 Å². The third kappa shape index (κ3) is 5.88. The molecule has 1 aromatic carbocycles. The van der Waals surface area contributed by atoms with Crippen LogP contribution in [-0.2, 0) is 9.59 Å². The molecule has 2 unspecified atom stereocenters. The van der Waals surface area contributed by atoms with Gasteiger partial charge in [-0.15, -0.1) is 0 Å². The predicted octanol–water partition coefficient (Wildman–Crippen LogP) is 3.36. The molecule has 0 aliphatic heterocycles. The zero-order valence-electron chi connectivity index (χ0n) is 16.8. The first-order valence-corrected chi connectivity index (χ1v) is 9.93. The van der Waals surface area contributed by atoms with Crippen molar-refractivity contribution in [1.29, 1.82) is 0 Å². The number of carbonyl (C=O) groups excluding carboxylic acids is 2. The van der Waals surface area contributed by atoms with Gasteiger partial charge in [0.2, 0.25) is 11.8 Å². The van der Waals surface area contributed by atoms with Gasteiger partial charge in [0.1, 0.15) is 6.04 Å². The highest BCUT2D eigenvalue weighted by atomic mass is 16.5. The Bertz CT molecular complexity index is 641. The summed E-state index contributed by atoms with van der Waals surface area (Å²) in [6, 6.07) is 5.03. The Morgan fingerprint density at radius 3 is 2.30 bits per heavy atom. The lowest BCUT2D eigenvalue weighted by molar-refractivity contribution is -0.129. The number of benzene rings is 1. The maximum atomic E-state index is 12.8. The van der Waals surface area contributed by atoms with E-state index in [1.807, 2.05) is 39.0 Å². The Kier molecular flexibility index (Phi) is 7.95. The van der Waals surface area contributed by atoms with Crippen LogP contribution in [0.3, 0.4) is 0 Å². The average molecular weight is 376 g/mol. The van der Waals surface area contributed by atoms with E-state index < -0.39 is 6.04 Å². The van der Waals surface area contributed by atoms with Gasteiger partial charge in [-0.1, -0.05) is 18.9 Å². The predicted molar refractivity (Wildman–Crippen MR) is 105 cm³/mol. The molecule has 6 nitrogen and oxygen atoms in total. The smallest absolute Gasteiger partial charge is 0.243 e. The molecule has 150 valence electrons. The zero-order chi connectivity index (χ0) is 19.8. The minimum absolute atomic E-state index is 0.128. The van der Waals surface area contributed by atoms with Crippen LogP contribution in [0.1, 0.15) is 65.0 Å². The van der Waals surface area contributed by atoms with E-state index in [9.17, 15) is 9.59 Å². The molecule has 0 bridgehead atoms. The summed E-state index contributed by atoms with van der Waals surface area (Å²) in [5.74, 6) is 1.28. The molecule has 0 radical (unpaired) electrons. The van der Waals surface area contributed by atoms with Crippen molar-refractivity contribution in [2.45, 2.75) is 65.5 Å². The van der Waals surface area contributed by atoms with E-state index in [0.29, 0.717) is 24.7 Å². The SMILES string of the molecule is CCOc1ccc(C(C)NC(=O)C(NC(C)=O)C2CCCC2)cc1OCC. The van der Waals surface area contributed by atoms with Crippen LogP contribution in [0.4, 0.5) is 0 Å². The Labute approximate surface area is 162 Å². The molecule has 6 heteroatoms. The molecule has 1 aliphatic carbocycles. The molecule has 0 spiro atoms. The zero-order valence-corrected chi connectivity index (χ0v) is 16.8. The summed E-state index contributed by atoms with van der Waals surface area (Å²) in [7, 11) is 0. The Balaban J connectivity index is 2.11. The van der Waals surface area contributed by atoms with E-state index in [-0.39, 0.29) is 23.8 Å². The standard InChI is InChI=1S/C21H32N2O4/c1-5-26-18-12-11-17(13-19(18)27-6-2)14(3)22-21(25)20(23-15(4)24)16-9-7-8-10-16/h11-14,16,20H,5-10H2,1-4H3,(H,22,25)(H,23,24). The highest BCUT2D eigenvalue weighted by Gasteiger charge is 2.32. The van der Waals surface area contributed by atoms with Crippen molar-refractivity contribution in [3.63, 3.8) is 0 Å². The van der Waals surface area contributed by atoms with Crippen LogP contribution in [0.15, 0.2) is 18.2 Å². The molecule has 2 amide bonds. The summed E-state index contributed by atoms with van der Waals surface area (Å²) in [4.78, 5) is 24.4. The van der Waals surface area contributed by atoms with Crippen molar-refractivity contribution < 1.29 is 19.1 Å². The van der Waals surface area contributed by atoms with Crippen LogP contribution in [0.5, 0.6) is 11.5 Å². The largest absolute Gasteiger partial charge is 0.490 e. The number of rotatable bonds is 9. The van der Waals surface area contributed by atoms with Crippen molar-refractivity contribution in [2.75, 3.05) is 13.2 Å². The molecular formula is C21H32N2O4. The molecule has 0 aromatic heterocycles. The fourth-order valence-electron chi connectivity index (χ4n) is 3.63. The topological polar surface area (TPSA) is 76.7 Å². The quantitative estimate of drug-likeness (QED) is 0.693. The summed E-state index contributed by atoms with van der Waals surface area (Å²) in [6.45, 7) is 8.34.